The minimum atomic E-state index is -0.390. The predicted octanol–water partition coefficient (Wildman–Crippen LogP) is 4.79. The number of non-ortho nitro benzene ring substituents is 1. The minimum absolute atomic E-state index is 0.0551. The van der Waals surface area contributed by atoms with Crippen LogP contribution in [0.4, 0.5) is 17.1 Å². The molecule has 0 amide bonds. The third kappa shape index (κ3) is 4.48. The van der Waals surface area contributed by atoms with Gasteiger partial charge in [-0.2, -0.15) is 0 Å². The van der Waals surface area contributed by atoms with Gasteiger partial charge in [-0.1, -0.05) is 6.07 Å². The molecule has 0 unspecified atom stereocenters. The van der Waals surface area contributed by atoms with Crippen LogP contribution >= 0.6 is 12.2 Å². The number of hydrogen-bond donors (Lipinski definition) is 1. The molecule has 0 saturated carbocycles. The zero-order valence-corrected chi connectivity index (χ0v) is 21.3. The second-order valence-corrected chi connectivity index (χ2v) is 9.58. The first-order valence-corrected chi connectivity index (χ1v) is 12.9. The quantitative estimate of drug-likeness (QED) is 0.218. The maximum Gasteiger partial charge on any atom is 0.269 e. The van der Waals surface area contributed by atoms with Crippen molar-refractivity contribution in [3.8, 4) is 5.69 Å². The van der Waals surface area contributed by atoms with Crippen molar-refractivity contribution >= 4 is 34.4 Å². The van der Waals surface area contributed by atoms with Gasteiger partial charge in [-0.15, -0.1) is 0 Å². The van der Waals surface area contributed by atoms with Crippen LogP contribution in [-0.2, 0) is 4.74 Å². The first-order valence-electron chi connectivity index (χ1n) is 12.5. The molecular weight excluding hydrogens is 500 g/mol. The number of nitro groups is 1. The van der Waals surface area contributed by atoms with Gasteiger partial charge in [-0.25, -0.2) is 0 Å². The van der Waals surface area contributed by atoms with Crippen molar-refractivity contribution in [2.45, 2.75) is 12.1 Å². The number of rotatable bonds is 6. The third-order valence-electron chi connectivity index (χ3n) is 7.02. The number of pyridine rings is 1. The summed E-state index contributed by atoms with van der Waals surface area (Å²) in [6.45, 7) is 3.21. The maximum absolute atomic E-state index is 11.2. The van der Waals surface area contributed by atoms with Crippen LogP contribution in [-0.4, -0.2) is 45.9 Å². The second-order valence-electron chi connectivity index (χ2n) is 9.19. The van der Waals surface area contributed by atoms with Crippen molar-refractivity contribution < 1.29 is 9.66 Å². The SMILES string of the molecule is O=[N+]([O-])c1ccc(-n2cccc2[C@@H]2[C@@H](c3ccccn3)NC(=S)N2c2ccc(N3CCOCC3)cc2)cc1. The zero-order chi connectivity index (χ0) is 26.1. The summed E-state index contributed by atoms with van der Waals surface area (Å²) >= 11 is 5.89. The summed E-state index contributed by atoms with van der Waals surface area (Å²) in [5, 5.41) is 15.3. The molecule has 10 heteroatoms. The molecule has 9 nitrogen and oxygen atoms in total. The number of ether oxygens (including phenoxy) is 1. The Morgan fingerprint density at radius 1 is 0.921 bits per heavy atom. The van der Waals surface area contributed by atoms with Gasteiger partial charge in [0.1, 0.15) is 6.04 Å². The van der Waals surface area contributed by atoms with Crippen LogP contribution in [0, 0.1) is 10.1 Å². The molecule has 2 fully saturated rings. The third-order valence-corrected chi connectivity index (χ3v) is 7.34. The number of morpholine rings is 1. The number of nitrogens with one attached hydrogen (secondary N) is 1. The fraction of sp³-hybridized carbons (Fsp3) is 0.214. The van der Waals surface area contributed by atoms with E-state index in [0.717, 1.165) is 54.8 Å². The summed E-state index contributed by atoms with van der Waals surface area (Å²) in [6.07, 6.45) is 3.75. The Kier molecular flexibility index (Phi) is 6.48. The van der Waals surface area contributed by atoms with E-state index in [4.69, 9.17) is 17.0 Å². The smallest absolute Gasteiger partial charge is 0.269 e. The fourth-order valence-corrected chi connectivity index (χ4v) is 5.53. The standard InChI is InChI=1S/C28H26N6O3S/c35-34(36)23-12-8-21(9-13-23)32-15-3-5-25(32)27-26(24-4-1-2-14-29-24)30-28(38)33(27)22-10-6-20(7-11-22)31-16-18-37-19-17-31/h1-15,26-27H,16-19H2,(H,30,38)/t26-,27-/m1/s1. The first-order chi connectivity index (χ1) is 18.6. The van der Waals surface area contributed by atoms with Gasteiger partial charge in [0, 0.05) is 60.4 Å². The summed E-state index contributed by atoms with van der Waals surface area (Å²) < 4.78 is 7.55. The highest BCUT2D eigenvalue weighted by molar-refractivity contribution is 7.80. The van der Waals surface area contributed by atoms with Gasteiger partial charge in [0.05, 0.1) is 29.9 Å². The Hall–Kier alpha value is -4.28. The van der Waals surface area contributed by atoms with E-state index in [-0.39, 0.29) is 22.7 Å². The summed E-state index contributed by atoms with van der Waals surface area (Å²) in [4.78, 5) is 19.9. The summed E-state index contributed by atoms with van der Waals surface area (Å²) in [6, 6.07) is 24.5. The number of anilines is 2. The van der Waals surface area contributed by atoms with E-state index in [2.05, 4.69) is 55.0 Å². The van der Waals surface area contributed by atoms with Gasteiger partial charge in [-0.3, -0.25) is 15.1 Å². The highest BCUT2D eigenvalue weighted by Gasteiger charge is 2.42. The number of aromatic nitrogens is 2. The van der Waals surface area contributed by atoms with Gasteiger partial charge in [-0.05, 0) is 72.9 Å². The number of nitro benzene ring substituents is 1. The summed E-state index contributed by atoms with van der Waals surface area (Å²) in [7, 11) is 0. The molecule has 0 aliphatic carbocycles. The Labute approximate surface area is 225 Å². The Balaban J connectivity index is 1.40. The monoisotopic (exact) mass is 526 g/mol. The molecular formula is C28H26N6O3S. The molecule has 0 spiro atoms. The van der Waals surface area contributed by atoms with Crippen LogP contribution in [0.3, 0.4) is 0 Å². The number of thiocarbonyl (C=S) groups is 1. The van der Waals surface area contributed by atoms with Gasteiger partial charge >= 0.3 is 0 Å². The lowest BCUT2D eigenvalue weighted by atomic mass is 10.0. The molecule has 0 bridgehead atoms. The second kappa shape index (κ2) is 10.2. The lowest BCUT2D eigenvalue weighted by Crippen LogP contribution is -2.36. The summed E-state index contributed by atoms with van der Waals surface area (Å²) in [5.41, 5.74) is 4.87. The molecule has 2 atom stereocenters. The molecule has 2 aliphatic rings. The lowest BCUT2D eigenvalue weighted by molar-refractivity contribution is -0.384. The topological polar surface area (TPSA) is 88.7 Å². The fourth-order valence-electron chi connectivity index (χ4n) is 5.18. The Morgan fingerprint density at radius 2 is 1.63 bits per heavy atom. The molecule has 4 heterocycles. The molecule has 2 aliphatic heterocycles. The van der Waals surface area contributed by atoms with E-state index in [1.165, 1.54) is 12.1 Å². The van der Waals surface area contributed by atoms with E-state index in [0.29, 0.717) is 5.11 Å². The number of nitrogens with zero attached hydrogens (tertiary/aromatic N) is 5. The van der Waals surface area contributed by atoms with E-state index in [9.17, 15) is 10.1 Å². The molecule has 2 aromatic heterocycles. The molecule has 2 saturated heterocycles. The van der Waals surface area contributed by atoms with E-state index in [1.807, 2.05) is 30.5 Å². The minimum Gasteiger partial charge on any atom is -0.378 e. The normalized spacial score (nSPS) is 19.4. The lowest BCUT2D eigenvalue weighted by Gasteiger charge is -2.31. The predicted molar refractivity (Wildman–Crippen MR) is 150 cm³/mol. The van der Waals surface area contributed by atoms with Crippen molar-refractivity contribution in [3.05, 3.63) is 113 Å². The van der Waals surface area contributed by atoms with Crippen molar-refractivity contribution in [1.29, 1.82) is 0 Å². The Bertz CT molecular complexity index is 1440. The van der Waals surface area contributed by atoms with Crippen LogP contribution in [0.5, 0.6) is 0 Å². The number of benzene rings is 2. The Morgan fingerprint density at radius 3 is 2.32 bits per heavy atom. The molecule has 4 aromatic rings. The molecule has 192 valence electrons. The average Bonchev–Trinajstić information content (AvgIpc) is 3.58. The van der Waals surface area contributed by atoms with Crippen molar-refractivity contribution in [3.63, 3.8) is 0 Å². The molecule has 1 N–H and O–H groups in total. The molecule has 0 radical (unpaired) electrons. The number of hydrogen-bond acceptors (Lipinski definition) is 6. The van der Waals surface area contributed by atoms with E-state index >= 15 is 0 Å². The highest BCUT2D eigenvalue weighted by atomic mass is 32.1. The van der Waals surface area contributed by atoms with Crippen molar-refractivity contribution in [1.82, 2.24) is 14.9 Å². The highest BCUT2D eigenvalue weighted by Crippen LogP contribution is 2.42. The largest absolute Gasteiger partial charge is 0.378 e. The molecule has 2 aromatic carbocycles. The first kappa shape index (κ1) is 24.1. The van der Waals surface area contributed by atoms with Gasteiger partial charge in [0.25, 0.3) is 5.69 Å². The molecule has 6 rings (SSSR count). The maximum atomic E-state index is 11.2. The van der Waals surface area contributed by atoms with E-state index in [1.54, 1.807) is 18.3 Å². The van der Waals surface area contributed by atoms with Crippen LogP contribution < -0.4 is 15.1 Å². The average molecular weight is 527 g/mol. The zero-order valence-electron chi connectivity index (χ0n) is 20.5. The van der Waals surface area contributed by atoms with Crippen molar-refractivity contribution in [2.24, 2.45) is 0 Å². The van der Waals surface area contributed by atoms with Gasteiger partial charge in [0.2, 0.25) is 0 Å². The molecule has 38 heavy (non-hydrogen) atoms. The van der Waals surface area contributed by atoms with Gasteiger partial charge in [0.15, 0.2) is 5.11 Å². The van der Waals surface area contributed by atoms with Crippen LogP contribution in [0.25, 0.3) is 5.69 Å². The van der Waals surface area contributed by atoms with Crippen LogP contribution in [0.15, 0.2) is 91.3 Å². The van der Waals surface area contributed by atoms with E-state index < -0.39 is 0 Å². The van der Waals surface area contributed by atoms with Crippen molar-refractivity contribution in [2.75, 3.05) is 36.1 Å². The van der Waals surface area contributed by atoms with Crippen LogP contribution in [0.2, 0.25) is 0 Å². The van der Waals surface area contributed by atoms with Gasteiger partial charge < -0.3 is 24.4 Å². The van der Waals surface area contributed by atoms with Crippen LogP contribution in [0.1, 0.15) is 23.5 Å². The summed E-state index contributed by atoms with van der Waals surface area (Å²) in [5.74, 6) is 0.